The van der Waals surface area contributed by atoms with E-state index in [0.29, 0.717) is 5.82 Å². The van der Waals surface area contributed by atoms with Crippen molar-refractivity contribution in [1.82, 2.24) is 20.1 Å². The smallest absolute Gasteiger partial charge is 0.319 e. The van der Waals surface area contributed by atoms with Gasteiger partial charge in [-0.25, -0.2) is 4.79 Å². The van der Waals surface area contributed by atoms with Crippen molar-refractivity contribution in [2.45, 2.75) is 24.4 Å². The third kappa shape index (κ3) is 5.36. The summed E-state index contributed by atoms with van der Waals surface area (Å²) in [5.74, 6) is 1.44. The molecule has 0 saturated carbocycles. The number of urea groups is 1. The summed E-state index contributed by atoms with van der Waals surface area (Å²) in [6.07, 6.45) is 0. The Morgan fingerprint density at radius 3 is 2.43 bits per heavy atom. The van der Waals surface area contributed by atoms with Crippen LogP contribution >= 0.6 is 11.8 Å². The molecule has 0 atom stereocenters. The van der Waals surface area contributed by atoms with Gasteiger partial charge in [0, 0.05) is 16.8 Å². The maximum atomic E-state index is 12.8. The monoisotopic (exact) mass is 479 g/mol. The van der Waals surface area contributed by atoms with Gasteiger partial charge in [0.25, 0.3) is 0 Å². The Balaban J connectivity index is 1.34. The zero-order chi connectivity index (χ0) is 24.0. The number of benzene rings is 4. The molecule has 0 bridgehead atoms. The number of thioether (sulfide) groups is 1. The van der Waals surface area contributed by atoms with E-state index < -0.39 is 0 Å². The van der Waals surface area contributed by atoms with Crippen molar-refractivity contribution in [1.29, 1.82) is 0 Å². The molecule has 1 aromatic heterocycles. The van der Waals surface area contributed by atoms with Gasteiger partial charge in [0.15, 0.2) is 11.0 Å². The van der Waals surface area contributed by atoms with Gasteiger partial charge in [-0.15, -0.1) is 10.2 Å². The Bertz CT molecular complexity index is 1440. The van der Waals surface area contributed by atoms with E-state index in [1.165, 1.54) is 11.1 Å². The fraction of sp³-hybridized carbons (Fsp3) is 0.107. The Hall–Kier alpha value is -4.10. The van der Waals surface area contributed by atoms with Gasteiger partial charge in [0.2, 0.25) is 0 Å². The average Bonchev–Trinajstić information content (AvgIpc) is 3.30. The van der Waals surface area contributed by atoms with Gasteiger partial charge in [0.05, 0.1) is 12.2 Å². The normalized spacial score (nSPS) is 10.9. The Morgan fingerprint density at radius 1 is 0.857 bits per heavy atom. The summed E-state index contributed by atoms with van der Waals surface area (Å²) in [7, 11) is 0. The van der Waals surface area contributed by atoms with Gasteiger partial charge in [-0.1, -0.05) is 96.2 Å². The van der Waals surface area contributed by atoms with Gasteiger partial charge in [-0.05, 0) is 36.1 Å². The van der Waals surface area contributed by atoms with Crippen LogP contribution in [-0.2, 0) is 12.3 Å². The summed E-state index contributed by atoms with van der Waals surface area (Å²) in [5.41, 5.74) is 4.11. The molecule has 5 aromatic rings. The van der Waals surface area contributed by atoms with Gasteiger partial charge in [0.1, 0.15) is 0 Å². The van der Waals surface area contributed by atoms with E-state index in [1.807, 2.05) is 77.4 Å². The topological polar surface area (TPSA) is 71.8 Å². The molecule has 0 fully saturated rings. The van der Waals surface area contributed by atoms with Crippen LogP contribution in [-0.4, -0.2) is 20.8 Å². The number of aryl methyl sites for hydroxylation is 1. The highest BCUT2D eigenvalue weighted by Crippen LogP contribution is 2.26. The van der Waals surface area contributed by atoms with E-state index in [9.17, 15) is 4.79 Å². The zero-order valence-electron chi connectivity index (χ0n) is 19.3. The van der Waals surface area contributed by atoms with Crippen molar-refractivity contribution in [3.05, 3.63) is 114 Å². The average molecular weight is 480 g/mol. The van der Waals surface area contributed by atoms with Crippen LogP contribution < -0.4 is 10.6 Å². The molecule has 35 heavy (non-hydrogen) atoms. The number of fused-ring (bicyclic) bond motifs is 1. The zero-order valence-corrected chi connectivity index (χ0v) is 20.1. The van der Waals surface area contributed by atoms with Crippen molar-refractivity contribution in [3.63, 3.8) is 0 Å². The molecule has 0 aliphatic rings. The van der Waals surface area contributed by atoms with Crippen LogP contribution in [0.3, 0.4) is 0 Å². The van der Waals surface area contributed by atoms with Gasteiger partial charge in [-0.2, -0.15) is 0 Å². The van der Waals surface area contributed by atoms with Crippen LogP contribution in [0.4, 0.5) is 10.5 Å². The molecular weight excluding hydrogens is 454 g/mol. The molecule has 0 unspecified atom stereocenters. The summed E-state index contributed by atoms with van der Waals surface area (Å²) in [6.45, 7) is 2.30. The SMILES string of the molecule is Cc1ccc(-n2c(CNC(=O)Nc3cccc4ccccc34)nnc2SCc2ccccc2)cc1. The third-order valence-corrected chi connectivity index (χ3v) is 6.65. The number of nitrogens with zero attached hydrogens (tertiary/aromatic N) is 3. The number of nitrogens with one attached hydrogen (secondary N) is 2. The standard InChI is InChI=1S/C28H25N5OS/c1-20-14-16-23(17-15-20)33-26(31-32-28(33)35-19-21-8-3-2-4-9-21)18-29-27(34)30-25-13-7-11-22-10-5-6-12-24(22)25/h2-17H,18-19H2,1H3,(H2,29,30,34). The molecule has 4 aromatic carbocycles. The highest BCUT2D eigenvalue weighted by molar-refractivity contribution is 7.98. The van der Waals surface area contributed by atoms with Crippen LogP contribution in [0.5, 0.6) is 0 Å². The fourth-order valence-corrected chi connectivity index (χ4v) is 4.77. The predicted molar refractivity (Wildman–Crippen MR) is 142 cm³/mol. The van der Waals surface area contributed by atoms with E-state index in [2.05, 4.69) is 52.0 Å². The highest BCUT2D eigenvalue weighted by Gasteiger charge is 2.16. The van der Waals surface area contributed by atoms with E-state index in [-0.39, 0.29) is 12.6 Å². The van der Waals surface area contributed by atoms with Crippen molar-refractivity contribution >= 4 is 34.3 Å². The molecule has 2 N–H and O–H groups in total. The largest absolute Gasteiger partial charge is 0.331 e. The molecule has 0 spiro atoms. The van der Waals surface area contributed by atoms with Crippen molar-refractivity contribution in [3.8, 4) is 5.69 Å². The maximum Gasteiger partial charge on any atom is 0.319 e. The van der Waals surface area contributed by atoms with Crippen LogP contribution in [0.1, 0.15) is 17.0 Å². The third-order valence-electron chi connectivity index (χ3n) is 5.65. The second-order valence-corrected chi connectivity index (χ2v) is 9.12. The van der Waals surface area contributed by atoms with E-state index in [4.69, 9.17) is 0 Å². The molecular formula is C28H25N5OS. The molecule has 0 radical (unpaired) electrons. The summed E-state index contributed by atoms with van der Waals surface area (Å²) in [6, 6.07) is 32.0. The first-order chi connectivity index (χ1) is 17.2. The van der Waals surface area contributed by atoms with Gasteiger partial charge >= 0.3 is 6.03 Å². The number of anilines is 1. The molecule has 0 aliphatic carbocycles. The quantitative estimate of drug-likeness (QED) is 0.267. The van der Waals surface area contributed by atoms with E-state index in [1.54, 1.807) is 11.8 Å². The molecule has 7 heteroatoms. The second-order valence-electron chi connectivity index (χ2n) is 8.18. The molecule has 0 aliphatic heterocycles. The summed E-state index contributed by atoms with van der Waals surface area (Å²) in [4.78, 5) is 12.8. The van der Waals surface area contributed by atoms with E-state index >= 15 is 0 Å². The number of hydrogen-bond donors (Lipinski definition) is 2. The van der Waals surface area contributed by atoms with Gasteiger partial charge in [-0.3, -0.25) is 4.57 Å². The number of carbonyl (C=O) groups is 1. The van der Waals surface area contributed by atoms with Crippen LogP contribution in [0, 0.1) is 6.92 Å². The number of carbonyl (C=O) groups excluding carboxylic acids is 1. The molecule has 0 saturated heterocycles. The molecule has 6 nitrogen and oxygen atoms in total. The minimum Gasteiger partial charge on any atom is -0.331 e. The molecule has 174 valence electrons. The van der Waals surface area contributed by atoms with Crippen LogP contribution in [0.25, 0.3) is 16.5 Å². The minimum atomic E-state index is -0.293. The van der Waals surface area contributed by atoms with Crippen LogP contribution in [0.15, 0.2) is 102 Å². The number of aromatic nitrogens is 3. The minimum absolute atomic E-state index is 0.239. The van der Waals surface area contributed by atoms with Gasteiger partial charge < -0.3 is 10.6 Å². The summed E-state index contributed by atoms with van der Waals surface area (Å²) in [5, 5.41) is 17.6. The molecule has 1 heterocycles. The number of rotatable bonds is 7. The number of amides is 2. The lowest BCUT2D eigenvalue weighted by Crippen LogP contribution is -2.29. The Labute approximate surface area is 208 Å². The first kappa shape index (κ1) is 22.7. The fourth-order valence-electron chi connectivity index (χ4n) is 3.84. The maximum absolute atomic E-state index is 12.8. The first-order valence-electron chi connectivity index (χ1n) is 11.4. The summed E-state index contributed by atoms with van der Waals surface area (Å²) < 4.78 is 2.01. The predicted octanol–water partition coefficient (Wildman–Crippen LogP) is 6.34. The van der Waals surface area contributed by atoms with Crippen molar-refractivity contribution in [2.75, 3.05) is 5.32 Å². The lowest BCUT2D eigenvalue weighted by molar-refractivity contribution is 0.251. The lowest BCUT2D eigenvalue weighted by atomic mass is 10.1. The van der Waals surface area contributed by atoms with Crippen molar-refractivity contribution < 1.29 is 4.79 Å². The lowest BCUT2D eigenvalue weighted by Gasteiger charge is -2.12. The van der Waals surface area contributed by atoms with Crippen molar-refractivity contribution in [2.24, 2.45) is 0 Å². The second kappa shape index (κ2) is 10.4. The Kier molecular flexibility index (Phi) is 6.77. The van der Waals surface area contributed by atoms with Crippen LogP contribution in [0.2, 0.25) is 0 Å². The first-order valence-corrected chi connectivity index (χ1v) is 12.4. The Morgan fingerprint density at radius 2 is 1.60 bits per heavy atom. The highest BCUT2D eigenvalue weighted by atomic mass is 32.2. The molecule has 2 amide bonds. The summed E-state index contributed by atoms with van der Waals surface area (Å²) >= 11 is 1.62. The number of hydrogen-bond acceptors (Lipinski definition) is 4. The molecule has 5 rings (SSSR count). The van der Waals surface area contributed by atoms with E-state index in [0.717, 1.165) is 33.1 Å².